The van der Waals surface area contributed by atoms with Gasteiger partial charge in [0.15, 0.2) is 5.65 Å². The summed E-state index contributed by atoms with van der Waals surface area (Å²) in [5.74, 6) is -1.64. The number of amides is 2. The van der Waals surface area contributed by atoms with E-state index in [9.17, 15) is 14.0 Å². The molecule has 1 aromatic carbocycles. The van der Waals surface area contributed by atoms with Crippen LogP contribution in [-0.4, -0.2) is 26.6 Å². The van der Waals surface area contributed by atoms with Gasteiger partial charge in [-0.2, -0.15) is 5.10 Å². The number of aromatic nitrogens is 3. The Hall–Kier alpha value is -2.80. The average molecular weight is 345 g/mol. The molecule has 0 saturated heterocycles. The Kier molecular flexibility index (Phi) is 2.98. The third kappa shape index (κ3) is 1.81. The van der Waals surface area contributed by atoms with Crippen LogP contribution in [0.15, 0.2) is 24.4 Å². The molecule has 8 heteroatoms. The van der Waals surface area contributed by atoms with Crippen LogP contribution in [0.3, 0.4) is 0 Å². The molecule has 24 heavy (non-hydrogen) atoms. The number of carbonyl (C=O) groups excluding carboxylic acids is 2. The fourth-order valence-corrected chi connectivity index (χ4v) is 3.15. The summed E-state index contributed by atoms with van der Waals surface area (Å²) < 4.78 is 14.9. The monoisotopic (exact) mass is 344 g/mol. The van der Waals surface area contributed by atoms with Crippen LogP contribution < -0.4 is 4.90 Å². The van der Waals surface area contributed by atoms with Crippen LogP contribution in [0.5, 0.6) is 0 Å². The molecule has 0 atom stereocenters. The zero-order valence-electron chi connectivity index (χ0n) is 12.7. The van der Waals surface area contributed by atoms with E-state index in [-0.39, 0.29) is 21.8 Å². The van der Waals surface area contributed by atoms with E-state index < -0.39 is 17.6 Å². The van der Waals surface area contributed by atoms with Crippen molar-refractivity contribution in [3.05, 3.63) is 52.1 Å². The fraction of sp³-hybridized carbons (Fsp3) is 0.125. The Morgan fingerprint density at radius 2 is 1.96 bits per heavy atom. The summed E-state index contributed by atoms with van der Waals surface area (Å²) in [4.78, 5) is 30.8. The molecule has 0 N–H and O–H groups in total. The molecule has 120 valence electrons. The number of halogens is 2. The van der Waals surface area contributed by atoms with Gasteiger partial charge in [-0.1, -0.05) is 11.6 Å². The lowest BCUT2D eigenvalue weighted by Crippen LogP contribution is -2.29. The maximum Gasteiger partial charge on any atom is 0.267 e. The van der Waals surface area contributed by atoms with E-state index in [0.29, 0.717) is 16.7 Å². The highest BCUT2D eigenvalue weighted by molar-refractivity contribution is 6.38. The van der Waals surface area contributed by atoms with Crippen LogP contribution in [0.25, 0.3) is 11.0 Å². The Bertz CT molecular complexity index is 1060. The number of anilines is 1. The van der Waals surface area contributed by atoms with Crippen LogP contribution in [0.4, 0.5) is 10.1 Å². The normalized spacial score (nSPS) is 13.9. The number of rotatable bonds is 1. The molecule has 6 nitrogen and oxygen atoms in total. The summed E-state index contributed by atoms with van der Waals surface area (Å²) in [6, 6.07) is 3.70. The summed E-state index contributed by atoms with van der Waals surface area (Å²) in [7, 11) is 1.72. The van der Waals surface area contributed by atoms with Gasteiger partial charge in [-0.25, -0.2) is 14.3 Å². The van der Waals surface area contributed by atoms with Crippen molar-refractivity contribution in [3.63, 3.8) is 0 Å². The van der Waals surface area contributed by atoms with Gasteiger partial charge in [-0.3, -0.25) is 14.3 Å². The Balaban J connectivity index is 1.95. The van der Waals surface area contributed by atoms with Crippen molar-refractivity contribution in [1.82, 2.24) is 14.8 Å². The molecule has 1 aliphatic heterocycles. The number of hydrogen-bond acceptors (Lipinski definition) is 4. The standard InChI is InChI=1S/C16H10ClFN4O2/c1-7-12-13-9(6-19-14(12)21(2)20-7)15(23)22(16(13)24)8-3-4-11(18)10(17)5-8/h3-6H,1-2H3. The molecule has 2 aromatic heterocycles. The van der Waals surface area contributed by atoms with Crippen LogP contribution >= 0.6 is 11.6 Å². The average Bonchev–Trinajstić information content (AvgIpc) is 2.97. The van der Waals surface area contributed by atoms with E-state index in [1.54, 1.807) is 18.7 Å². The molecule has 0 aliphatic carbocycles. The van der Waals surface area contributed by atoms with Gasteiger partial charge in [0.1, 0.15) is 5.82 Å². The summed E-state index contributed by atoms with van der Waals surface area (Å²) in [6.07, 6.45) is 1.37. The van der Waals surface area contributed by atoms with Crippen LogP contribution in [0, 0.1) is 12.7 Å². The van der Waals surface area contributed by atoms with Gasteiger partial charge in [-0.05, 0) is 25.1 Å². The molecule has 0 saturated carbocycles. The van der Waals surface area contributed by atoms with Crippen molar-refractivity contribution in [2.45, 2.75) is 6.92 Å². The molecule has 0 fully saturated rings. The highest BCUT2D eigenvalue weighted by atomic mass is 35.5. The van der Waals surface area contributed by atoms with Crippen molar-refractivity contribution in [2.75, 3.05) is 4.90 Å². The minimum Gasteiger partial charge on any atom is -0.268 e. The first-order chi connectivity index (χ1) is 11.4. The van der Waals surface area contributed by atoms with E-state index >= 15 is 0 Å². The van der Waals surface area contributed by atoms with Gasteiger partial charge < -0.3 is 0 Å². The van der Waals surface area contributed by atoms with Gasteiger partial charge >= 0.3 is 0 Å². The van der Waals surface area contributed by atoms with Crippen molar-refractivity contribution < 1.29 is 14.0 Å². The molecule has 1 aliphatic rings. The summed E-state index contributed by atoms with van der Waals surface area (Å²) >= 11 is 5.77. The van der Waals surface area contributed by atoms with E-state index in [1.807, 2.05) is 0 Å². The molecule has 3 heterocycles. The SMILES string of the molecule is Cc1nn(C)c2ncc3c(c12)C(=O)N(c1ccc(F)c(Cl)c1)C3=O. The summed E-state index contributed by atoms with van der Waals surface area (Å²) in [5.41, 5.74) is 1.80. The van der Waals surface area contributed by atoms with E-state index in [2.05, 4.69) is 10.1 Å². The van der Waals surface area contributed by atoms with Crippen LogP contribution in [0.1, 0.15) is 26.4 Å². The van der Waals surface area contributed by atoms with E-state index in [1.165, 1.54) is 18.3 Å². The second-order valence-corrected chi connectivity index (χ2v) is 5.91. The van der Waals surface area contributed by atoms with Crippen molar-refractivity contribution >= 4 is 40.1 Å². The zero-order valence-corrected chi connectivity index (χ0v) is 13.4. The highest BCUT2D eigenvalue weighted by Gasteiger charge is 2.39. The molecule has 0 unspecified atom stereocenters. The van der Waals surface area contributed by atoms with Gasteiger partial charge in [0.2, 0.25) is 0 Å². The Morgan fingerprint density at radius 1 is 1.21 bits per heavy atom. The van der Waals surface area contributed by atoms with E-state index in [4.69, 9.17) is 11.6 Å². The second-order valence-electron chi connectivity index (χ2n) is 5.50. The lowest BCUT2D eigenvalue weighted by molar-refractivity contribution is 0.0926. The Morgan fingerprint density at radius 3 is 2.67 bits per heavy atom. The second kappa shape index (κ2) is 4.85. The molecule has 2 amide bonds. The van der Waals surface area contributed by atoms with Crippen molar-refractivity contribution in [1.29, 1.82) is 0 Å². The molecule has 0 bridgehead atoms. The van der Waals surface area contributed by atoms with Crippen LogP contribution in [-0.2, 0) is 7.05 Å². The topological polar surface area (TPSA) is 68.1 Å². The minimum absolute atomic E-state index is 0.162. The zero-order chi connectivity index (χ0) is 17.2. The number of aryl methyl sites for hydroxylation is 2. The number of fused-ring (bicyclic) bond motifs is 3. The predicted octanol–water partition coefficient (Wildman–Crippen LogP) is 2.87. The number of nitrogens with zero attached hydrogens (tertiary/aromatic N) is 4. The Labute approximate surface area is 140 Å². The summed E-state index contributed by atoms with van der Waals surface area (Å²) in [5, 5.41) is 4.64. The van der Waals surface area contributed by atoms with Crippen molar-refractivity contribution in [2.24, 2.45) is 7.05 Å². The van der Waals surface area contributed by atoms with Gasteiger partial charge in [0, 0.05) is 13.2 Å². The molecule has 4 rings (SSSR count). The number of benzene rings is 1. The molecule has 0 radical (unpaired) electrons. The molecular weight excluding hydrogens is 335 g/mol. The minimum atomic E-state index is -0.621. The molecular formula is C16H10ClFN4O2. The summed E-state index contributed by atoms with van der Waals surface area (Å²) in [6.45, 7) is 1.75. The van der Waals surface area contributed by atoms with Gasteiger partial charge in [0.05, 0.1) is 32.9 Å². The highest BCUT2D eigenvalue weighted by Crippen LogP contribution is 2.34. The van der Waals surface area contributed by atoms with Crippen molar-refractivity contribution in [3.8, 4) is 0 Å². The number of hydrogen-bond donors (Lipinski definition) is 0. The molecule has 0 spiro atoms. The number of imide groups is 1. The lowest BCUT2D eigenvalue weighted by atomic mass is 10.1. The first-order valence-electron chi connectivity index (χ1n) is 7.06. The quantitative estimate of drug-likeness (QED) is 0.637. The maximum absolute atomic E-state index is 13.4. The maximum atomic E-state index is 13.4. The largest absolute Gasteiger partial charge is 0.268 e. The molecule has 3 aromatic rings. The van der Waals surface area contributed by atoms with E-state index in [0.717, 1.165) is 11.0 Å². The van der Waals surface area contributed by atoms with Gasteiger partial charge in [0.25, 0.3) is 11.8 Å². The first kappa shape index (κ1) is 14.8. The number of pyridine rings is 1. The fourth-order valence-electron chi connectivity index (χ4n) is 2.98. The van der Waals surface area contributed by atoms with Gasteiger partial charge in [-0.15, -0.1) is 0 Å². The third-order valence-corrected chi connectivity index (χ3v) is 4.33. The third-order valence-electron chi connectivity index (χ3n) is 4.04. The van der Waals surface area contributed by atoms with Crippen LogP contribution in [0.2, 0.25) is 5.02 Å². The number of carbonyl (C=O) groups is 2. The first-order valence-corrected chi connectivity index (χ1v) is 7.44. The lowest BCUT2D eigenvalue weighted by Gasteiger charge is -2.14. The smallest absolute Gasteiger partial charge is 0.267 e. The predicted molar refractivity (Wildman–Crippen MR) is 85.8 cm³/mol.